The van der Waals surface area contributed by atoms with Gasteiger partial charge in [0.15, 0.2) is 52.4 Å². The summed E-state index contributed by atoms with van der Waals surface area (Å²) in [5.74, 6) is -46.8. The zero-order chi connectivity index (χ0) is 53.2. The van der Waals surface area contributed by atoms with Crippen molar-refractivity contribution in [1.29, 1.82) is 0 Å². The minimum Gasteiger partial charge on any atom is -0.830 e. The molecule has 1 aliphatic heterocycles. The third-order valence-corrected chi connectivity index (χ3v) is 16.6. The summed E-state index contributed by atoms with van der Waals surface area (Å²) in [5, 5.41) is 14.9. The van der Waals surface area contributed by atoms with Crippen LogP contribution in [0.3, 0.4) is 0 Å². The molecular weight excluding hydrogens is 1170 g/mol. The Balaban J connectivity index is 0.000000317. The SMILES string of the molecule is CC(C)c1cc(C(C)C)c(-c2ccccc2[PH+](C(C)(C)C)C(C)(C)C)c(C(C)C)c1.[Au+].[O-]C1=[N+]([B-](c2c(F)c(F)c(F)c(F)c2F)(c2c(F)c(F)c(F)c(F)c2F)c2c(F)c(F)c(F)c(F)c2F)CCC1. The van der Waals surface area contributed by atoms with Crippen LogP contribution in [0.2, 0.25) is 0 Å². The maximum Gasteiger partial charge on any atom is 1.00 e. The Kier molecular flexibility index (Phi) is 18.1. The third-order valence-electron chi connectivity index (χ3n) is 12.7. The van der Waals surface area contributed by atoms with Crippen molar-refractivity contribution >= 4 is 41.8 Å². The summed E-state index contributed by atoms with van der Waals surface area (Å²) < 4.78 is 219. The standard InChI is InChI=1S/C29H45P.C22H7BF15NO.Au/c1-19(2)22-17-24(20(3)4)27(25(18-22)21(5)6)23-15-13-14-16-26(23)30(28(7,8)9)29(10,11)12;24-8-5(9(25)15(31)20(36)14(8)30)23(39-3-1-2-4(39)40,6-10(26)16(32)21(37)17(33)11(6)27)7-12(28)18(34)22(38)19(35)13(7)29;/h13-21H,1-12H3;40H,1-3H2;/q;;+1. The van der Waals surface area contributed by atoms with E-state index in [1.807, 2.05) is 0 Å². The van der Waals surface area contributed by atoms with Gasteiger partial charge < -0.3 is 9.59 Å². The number of nitrogens with zero attached hydrogens (tertiary/aromatic N) is 1. The van der Waals surface area contributed by atoms with Gasteiger partial charge in [-0.1, -0.05) is 71.9 Å². The van der Waals surface area contributed by atoms with E-state index in [1.165, 1.54) is 27.8 Å². The second kappa shape index (κ2) is 21.7. The molecule has 5 aromatic carbocycles. The summed E-state index contributed by atoms with van der Waals surface area (Å²) in [4.78, 5) is 0. The third kappa shape index (κ3) is 10.3. The van der Waals surface area contributed by atoms with Crippen molar-refractivity contribution in [1.82, 2.24) is 0 Å². The van der Waals surface area contributed by atoms with Gasteiger partial charge in [-0.15, -0.1) is 0 Å². The van der Waals surface area contributed by atoms with Gasteiger partial charge in [0.05, 0.1) is 22.8 Å². The van der Waals surface area contributed by atoms with Crippen molar-refractivity contribution in [3.8, 4) is 11.1 Å². The van der Waals surface area contributed by atoms with E-state index in [2.05, 4.69) is 119 Å². The van der Waals surface area contributed by atoms with Gasteiger partial charge in [-0.2, -0.15) is 0 Å². The van der Waals surface area contributed by atoms with E-state index < -0.39 is 148 Å². The molecule has 390 valence electrons. The Labute approximate surface area is 420 Å². The molecule has 0 spiro atoms. The van der Waals surface area contributed by atoms with E-state index >= 15 is 26.3 Å². The Morgan fingerprint density at radius 1 is 0.493 bits per heavy atom. The van der Waals surface area contributed by atoms with Crippen LogP contribution >= 0.6 is 7.92 Å². The molecule has 0 N–H and O–H groups in total. The summed E-state index contributed by atoms with van der Waals surface area (Å²) in [6, 6.07) is 14.3. The minimum atomic E-state index is -5.98. The number of hydrogen-bond donors (Lipinski definition) is 0. The topological polar surface area (TPSA) is 26.1 Å². The minimum absolute atomic E-state index is 0. The molecule has 0 fully saturated rings. The molecule has 0 amide bonds. The normalized spacial score (nSPS) is 13.5. The maximum absolute atomic E-state index is 15.3. The zero-order valence-corrected chi connectivity index (χ0v) is 43.9. The predicted octanol–water partition coefficient (Wildman–Crippen LogP) is 12.5. The molecule has 71 heavy (non-hydrogen) atoms. The average Bonchev–Trinajstić information content (AvgIpc) is 3.72. The molecule has 2 nitrogen and oxygen atoms in total. The summed E-state index contributed by atoms with van der Waals surface area (Å²) in [7, 11) is -0.840. The molecule has 0 saturated heterocycles. The van der Waals surface area contributed by atoms with Crippen molar-refractivity contribution in [2.75, 3.05) is 6.54 Å². The van der Waals surface area contributed by atoms with Gasteiger partial charge in [-0.25, -0.2) is 65.9 Å². The molecule has 0 bridgehead atoms. The van der Waals surface area contributed by atoms with Gasteiger partial charge in [0, 0.05) is 26.3 Å². The van der Waals surface area contributed by atoms with E-state index in [0.29, 0.717) is 17.8 Å². The molecule has 20 heteroatoms. The van der Waals surface area contributed by atoms with Crippen LogP contribution in [-0.2, 0) is 22.4 Å². The van der Waals surface area contributed by atoms with Crippen molar-refractivity contribution in [3.63, 3.8) is 0 Å². The van der Waals surface area contributed by atoms with E-state index in [-0.39, 0.29) is 32.7 Å². The fraction of sp³-hybridized carbons (Fsp3) is 0.392. The van der Waals surface area contributed by atoms with Crippen LogP contribution in [0.15, 0.2) is 36.4 Å². The molecule has 0 aliphatic carbocycles. The largest absolute Gasteiger partial charge is 1.00 e. The number of halogens is 15. The Morgan fingerprint density at radius 3 is 1.07 bits per heavy atom. The number of hydrogen-bond acceptors (Lipinski definition) is 1. The van der Waals surface area contributed by atoms with Gasteiger partial charge in [0.2, 0.25) is 0 Å². The smallest absolute Gasteiger partial charge is 0.830 e. The Morgan fingerprint density at radius 2 is 0.803 bits per heavy atom. The van der Waals surface area contributed by atoms with Gasteiger partial charge in [0.25, 0.3) is 0 Å². The van der Waals surface area contributed by atoms with E-state index in [4.69, 9.17) is 0 Å². The first kappa shape index (κ1) is 59.3. The van der Waals surface area contributed by atoms with Crippen molar-refractivity contribution in [2.24, 2.45) is 0 Å². The van der Waals surface area contributed by atoms with Crippen molar-refractivity contribution < 1.29 is 97.8 Å². The van der Waals surface area contributed by atoms with Crippen molar-refractivity contribution in [3.05, 3.63) is 140 Å². The Bertz CT molecular complexity index is 2610. The Hall–Kier alpha value is -4.24. The second-order valence-electron chi connectivity index (χ2n) is 20.4. The van der Waals surface area contributed by atoms with Crippen LogP contribution in [0, 0.1) is 87.3 Å². The molecule has 6 rings (SSSR count). The molecule has 0 atom stereocenters. The second-order valence-corrected chi connectivity index (χ2v) is 24.7. The van der Waals surface area contributed by atoms with Crippen LogP contribution in [-0.4, -0.2) is 33.5 Å². The van der Waals surface area contributed by atoms with Crippen LogP contribution in [0.1, 0.15) is 130 Å². The first-order chi connectivity index (χ1) is 32.2. The van der Waals surface area contributed by atoms with Gasteiger partial charge in [-0.05, 0) is 104 Å². The fourth-order valence-electron chi connectivity index (χ4n) is 10.1. The fourth-order valence-corrected chi connectivity index (χ4v) is 14.7. The van der Waals surface area contributed by atoms with Crippen LogP contribution in [0.5, 0.6) is 0 Å². The average molecular weight is 1220 g/mol. The number of benzene rings is 5. The van der Waals surface area contributed by atoms with Gasteiger partial charge in [-0.3, -0.25) is 0 Å². The summed E-state index contributed by atoms with van der Waals surface area (Å²) in [5.41, 5.74) is -0.965. The molecule has 0 saturated carbocycles. The first-order valence-corrected chi connectivity index (χ1v) is 23.9. The molecule has 0 aromatic heterocycles. The molecular formula is C51H52AuBF15NOP+. The maximum atomic E-state index is 15.3. The molecule has 5 aromatic rings. The molecule has 1 aliphatic rings. The predicted molar refractivity (Wildman–Crippen MR) is 244 cm³/mol. The van der Waals surface area contributed by atoms with Crippen molar-refractivity contribution in [2.45, 2.75) is 124 Å². The molecule has 0 radical (unpaired) electrons. The summed E-state index contributed by atoms with van der Waals surface area (Å²) >= 11 is 0. The number of rotatable bonds is 9. The van der Waals surface area contributed by atoms with E-state index in [9.17, 15) is 44.6 Å². The van der Waals surface area contributed by atoms with E-state index in [0.717, 1.165) is 0 Å². The quantitative estimate of drug-likeness (QED) is 0.0475. The molecule has 0 unspecified atom stereocenters. The summed E-state index contributed by atoms with van der Waals surface area (Å²) in [6.07, 6.45) is -7.49. The molecule has 1 heterocycles. The summed E-state index contributed by atoms with van der Waals surface area (Å²) in [6.45, 7) is 27.5. The monoisotopic (exact) mass is 1220 g/mol. The van der Waals surface area contributed by atoms with Crippen LogP contribution < -0.4 is 26.8 Å². The van der Waals surface area contributed by atoms with Gasteiger partial charge in [0.1, 0.15) is 40.2 Å². The zero-order valence-electron chi connectivity index (χ0n) is 40.7. The van der Waals surface area contributed by atoms with Crippen LogP contribution in [0.4, 0.5) is 65.9 Å². The van der Waals surface area contributed by atoms with Crippen LogP contribution in [0.25, 0.3) is 11.1 Å². The first-order valence-electron chi connectivity index (χ1n) is 22.4. The van der Waals surface area contributed by atoms with E-state index in [1.54, 1.807) is 5.30 Å². The van der Waals surface area contributed by atoms with Gasteiger partial charge >= 0.3 is 28.7 Å².